The number of carbonyl (C=O) groups is 2. The Bertz CT molecular complexity index is 469. The number of hydroxylamine groups is 2. The predicted molar refractivity (Wildman–Crippen MR) is 82.3 cm³/mol. The van der Waals surface area contributed by atoms with Gasteiger partial charge in [0.1, 0.15) is 24.0 Å². The zero-order valence-corrected chi connectivity index (χ0v) is 14.8. The van der Waals surface area contributed by atoms with Crippen LogP contribution in [0.15, 0.2) is 0 Å². The van der Waals surface area contributed by atoms with Crippen molar-refractivity contribution in [3.8, 4) is 0 Å². The standard InChI is InChI=1S/C15H27N3O5/c1-14(2,3)22-12(19)16-9-11-17(7-8-21-18(11)10-16)13(20)23-15(4,5)6/h11H,7-10H2,1-6H3. The fourth-order valence-electron chi connectivity index (χ4n) is 2.39. The summed E-state index contributed by atoms with van der Waals surface area (Å²) in [5, 5.41) is 1.62. The van der Waals surface area contributed by atoms with Crippen LogP contribution in [-0.2, 0) is 14.3 Å². The van der Waals surface area contributed by atoms with Crippen molar-refractivity contribution in [1.82, 2.24) is 14.9 Å². The lowest BCUT2D eigenvalue weighted by Gasteiger charge is -2.38. The summed E-state index contributed by atoms with van der Waals surface area (Å²) in [6, 6.07) is 0. The van der Waals surface area contributed by atoms with E-state index in [4.69, 9.17) is 14.3 Å². The molecule has 2 heterocycles. The molecule has 8 nitrogen and oxygen atoms in total. The zero-order valence-electron chi connectivity index (χ0n) is 14.8. The molecule has 2 saturated heterocycles. The van der Waals surface area contributed by atoms with Crippen LogP contribution >= 0.6 is 0 Å². The van der Waals surface area contributed by atoms with Crippen molar-refractivity contribution in [2.75, 3.05) is 26.4 Å². The highest BCUT2D eigenvalue weighted by atomic mass is 16.7. The number of ether oxygens (including phenoxy) is 2. The molecule has 0 aliphatic carbocycles. The third-order valence-electron chi connectivity index (χ3n) is 3.25. The molecule has 132 valence electrons. The Kier molecular flexibility index (Phi) is 4.77. The van der Waals surface area contributed by atoms with Crippen LogP contribution in [0.25, 0.3) is 0 Å². The SMILES string of the molecule is CC(C)(C)OC(=O)N1CC2N(C1)OCCN2C(=O)OC(C)(C)C. The van der Waals surface area contributed by atoms with Crippen molar-refractivity contribution in [2.45, 2.75) is 58.9 Å². The number of fused-ring (bicyclic) bond motifs is 1. The quantitative estimate of drug-likeness (QED) is 0.677. The van der Waals surface area contributed by atoms with Crippen molar-refractivity contribution >= 4 is 12.2 Å². The first-order valence-electron chi connectivity index (χ1n) is 7.83. The van der Waals surface area contributed by atoms with Gasteiger partial charge in [0, 0.05) is 0 Å². The lowest BCUT2D eigenvalue weighted by molar-refractivity contribution is -0.231. The molecule has 2 aliphatic heterocycles. The summed E-state index contributed by atoms with van der Waals surface area (Å²) < 4.78 is 10.8. The van der Waals surface area contributed by atoms with Gasteiger partial charge in [-0.2, -0.15) is 0 Å². The van der Waals surface area contributed by atoms with Gasteiger partial charge in [0.15, 0.2) is 0 Å². The molecule has 0 aromatic rings. The molecule has 0 spiro atoms. The molecular formula is C15H27N3O5. The third-order valence-corrected chi connectivity index (χ3v) is 3.25. The summed E-state index contributed by atoms with van der Waals surface area (Å²) >= 11 is 0. The molecule has 0 aromatic heterocycles. The van der Waals surface area contributed by atoms with E-state index in [0.29, 0.717) is 19.7 Å². The number of nitrogens with zero attached hydrogens (tertiary/aromatic N) is 3. The predicted octanol–water partition coefficient (Wildman–Crippen LogP) is 2.00. The number of carbonyl (C=O) groups excluding carboxylic acids is 2. The Balaban J connectivity index is 2.02. The van der Waals surface area contributed by atoms with Gasteiger partial charge in [0.2, 0.25) is 0 Å². The lowest BCUT2D eigenvalue weighted by atomic mass is 10.2. The highest BCUT2D eigenvalue weighted by Gasteiger charge is 2.44. The van der Waals surface area contributed by atoms with Crippen molar-refractivity contribution < 1.29 is 23.9 Å². The van der Waals surface area contributed by atoms with Gasteiger partial charge in [-0.25, -0.2) is 9.59 Å². The number of hydrogen-bond donors (Lipinski definition) is 0. The molecule has 1 atom stereocenters. The molecule has 2 fully saturated rings. The van der Waals surface area contributed by atoms with E-state index in [-0.39, 0.29) is 12.8 Å². The molecule has 0 radical (unpaired) electrons. The van der Waals surface area contributed by atoms with Crippen LogP contribution in [0, 0.1) is 0 Å². The van der Waals surface area contributed by atoms with Crippen LogP contribution < -0.4 is 0 Å². The minimum atomic E-state index is -0.566. The van der Waals surface area contributed by atoms with Crippen molar-refractivity contribution in [2.24, 2.45) is 0 Å². The van der Waals surface area contributed by atoms with Crippen LogP contribution in [0.4, 0.5) is 9.59 Å². The second-order valence-electron chi connectivity index (χ2n) is 7.75. The molecule has 2 rings (SSSR count). The van der Waals surface area contributed by atoms with E-state index in [1.165, 1.54) is 4.90 Å². The van der Waals surface area contributed by atoms with E-state index in [2.05, 4.69) is 0 Å². The lowest BCUT2D eigenvalue weighted by Crippen LogP contribution is -2.55. The topological polar surface area (TPSA) is 71.6 Å². The van der Waals surface area contributed by atoms with E-state index in [1.807, 2.05) is 41.5 Å². The molecule has 0 N–H and O–H groups in total. The maximum absolute atomic E-state index is 12.3. The maximum atomic E-state index is 12.3. The Labute approximate surface area is 137 Å². The van der Waals surface area contributed by atoms with Crippen molar-refractivity contribution in [3.05, 3.63) is 0 Å². The van der Waals surface area contributed by atoms with Gasteiger partial charge in [0.05, 0.1) is 19.7 Å². The molecule has 0 bridgehead atoms. The summed E-state index contributed by atoms with van der Waals surface area (Å²) in [5.41, 5.74) is -1.13. The number of hydrogen-bond acceptors (Lipinski definition) is 6. The van der Waals surface area contributed by atoms with Gasteiger partial charge in [0.25, 0.3) is 0 Å². The van der Waals surface area contributed by atoms with Gasteiger partial charge >= 0.3 is 12.2 Å². The van der Waals surface area contributed by atoms with Crippen molar-refractivity contribution in [3.63, 3.8) is 0 Å². The molecule has 8 heteroatoms. The molecule has 2 aliphatic rings. The average molecular weight is 329 g/mol. The highest BCUT2D eigenvalue weighted by Crippen LogP contribution is 2.24. The van der Waals surface area contributed by atoms with Gasteiger partial charge in [-0.05, 0) is 41.5 Å². The Morgan fingerprint density at radius 2 is 1.57 bits per heavy atom. The zero-order chi connectivity index (χ0) is 17.4. The normalized spacial score (nSPS) is 22.8. The van der Waals surface area contributed by atoms with E-state index < -0.39 is 23.4 Å². The Morgan fingerprint density at radius 1 is 1.00 bits per heavy atom. The third kappa shape index (κ3) is 4.71. The Hall–Kier alpha value is -1.54. The number of amides is 2. The summed E-state index contributed by atoms with van der Waals surface area (Å²) in [6.07, 6.45) is -1.17. The Morgan fingerprint density at radius 3 is 2.13 bits per heavy atom. The van der Waals surface area contributed by atoms with Crippen LogP contribution in [-0.4, -0.2) is 70.8 Å². The molecular weight excluding hydrogens is 302 g/mol. The molecule has 2 amide bonds. The maximum Gasteiger partial charge on any atom is 0.411 e. The van der Waals surface area contributed by atoms with E-state index >= 15 is 0 Å². The number of rotatable bonds is 0. The largest absolute Gasteiger partial charge is 0.444 e. The summed E-state index contributed by atoms with van der Waals surface area (Å²) in [5.74, 6) is 0. The van der Waals surface area contributed by atoms with E-state index in [1.54, 1.807) is 9.96 Å². The summed E-state index contributed by atoms with van der Waals surface area (Å²) in [4.78, 5) is 33.2. The van der Waals surface area contributed by atoms with Crippen molar-refractivity contribution in [1.29, 1.82) is 0 Å². The first kappa shape index (κ1) is 17.8. The van der Waals surface area contributed by atoms with Gasteiger partial charge in [-0.1, -0.05) is 0 Å². The molecule has 0 saturated carbocycles. The molecule has 23 heavy (non-hydrogen) atoms. The van der Waals surface area contributed by atoms with Gasteiger partial charge < -0.3 is 9.47 Å². The minimum Gasteiger partial charge on any atom is -0.444 e. The smallest absolute Gasteiger partial charge is 0.411 e. The fraction of sp³-hybridized carbons (Fsp3) is 0.867. The van der Waals surface area contributed by atoms with Gasteiger partial charge in [-0.15, -0.1) is 5.06 Å². The average Bonchev–Trinajstić information content (AvgIpc) is 2.77. The fourth-order valence-corrected chi connectivity index (χ4v) is 2.39. The second kappa shape index (κ2) is 6.16. The van der Waals surface area contributed by atoms with Crippen LogP contribution in [0.1, 0.15) is 41.5 Å². The monoisotopic (exact) mass is 329 g/mol. The summed E-state index contributed by atoms with van der Waals surface area (Å²) in [7, 11) is 0. The van der Waals surface area contributed by atoms with Gasteiger partial charge in [-0.3, -0.25) is 14.6 Å². The summed E-state index contributed by atoms with van der Waals surface area (Å²) in [6.45, 7) is 12.3. The molecule has 1 unspecified atom stereocenters. The van der Waals surface area contributed by atoms with Crippen LogP contribution in [0.3, 0.4) is 0 Å². The minimum absolute atomic E-state index is 0.263. The van der Waals surface area contributed by atoms with Crippen LogP contribution in [0.5, 0.6) is 0 Å². The first-order chi connectivity index (χ1) is 10.5. The highest BCUT2D eigenvalue weighted by molar-refractivity contribution is 5.70. The van der Waals surface area contributed by atoms with Crippen LogP contribution in [0.2, 0.25) is 0 Å². The molecule has 0 aromatic carbocycles. The first-order valence-corrected chi connectivity index (χ1v) is 7.83. The van der Waals surface area contributed by atoms with E-state index in [0.717, 1.165) is 0 Å². The van der Waals surface area contributed by atoms with E-state index in [9.17, 15) is 9.59 Å². The second-order valence-corrected chi connectivity index (χ2v) is 7.75.